The van der Waals surface area contributed by atoms with Crippen LogP contribution in [-0.4, -0.2) is 38.5 Å². The number of carbonyl (C=O) groups excluding carboxylic acids is 1. The second-order valence-corrected chi connectivity index (χ2v) is 7.39. The normalized spacial score (nSPS) is 25.0. The molecule has 1 aromatic carbocycles. The van der Waals surface area contributed by atoms with Gasteiger partial charge in [-0.15, -0.1) is 0 Å². The van der Waals surface area contributed by atoms with Gasteiger partial charge >= 0.3 is 0 Å². The predicted octanol–water partition coefficient (Wildman–Crippen LogP) is 1.25. The number of fused-ring (bicyclic) bond motifs is 1. The summed E-state index contributed by atoms with van der Waals surface area (Å²) in [4.78, 5) is 13.6. The van der Waals surface area contributed by atoms with Gasteiger partial charge < -0.3 is 9.64 Å². The first kappa shape index (κ1) is 12.7. The minimum absolute atomic E-state index is 0.00466. The molecule has 5 nitrogen and oxygen atoms in total. The van der Waals surface area contributed by atoms with Crippen LogP contribution in [0.2, 0.25) is 5.02 Å². The quantitative estimate of drug-likeness (QED) is 0.783. The highest BCUT2D eigenvalue weighted by Crippen LogP contribution is 2.37. The maximum atomic E-state index is 12.0. The number of nitrogens with zero attached hydrogens (tertiary/aromatic N) is 1. The van der Waals surface area contributed by atoms with Crippen LogP contribution in [0.3, 0.4) is 0 Å². The highest BCUT2D eigenvalue weighted by Gasteiger charge is 2.38. The molecule has 1 fully saturated rings. The summed E-state index contributed by atoms with van der Waals surface area (Å²) in [5, 5.41) is 0.489. The first-order valence-electron chi connectivity index (χ1n) is 5.91. The van der Waals surface area contributed by atoms with Gasteiger partial charge in [0.2, 0.25) is 0 Å². The van der Waals surface area contributed by atoms with Gasteiger partial charge in [-0.2, -0.15) is 0 Å². The minimum atomic E-state index is -3.05. The molecule has 0 radical (unpaired) electrons. The van der Waals surface area contributed by atoms with Crippen LogP contribution in [0.4, 0.5) is 5.69 Å². The molecule has 102 valence electrons. The summed E-state index contributed by atoms with van der Waals surface area (Å²) < 4.78 is 28.5. The molecule has 0 N–H and O–H groups in total. The van der Waals surface area contributed by atoms with E-state index in [1.54, 1.807) is 18.2 Å². The van der Waals surface area contributed by atoms with Crippen molar-refractivity contribution >= 4 is 33.0 Å². The third-order valence-electron chi connectivity index (χ3n) is 3.37. The van der Waals surface area contributed by atoms with Crippen molar-refractivity contribution in [1.82, 2.24) is 0 Å². The molecule has 0 aromatic heterocycles. The molecule has 1 saturated heterocycles. The van der Waals surface area contributed by atoms with Gasteiger partial charge in [-0.3, -0.25) is 4.79 Å². The maximum Gasteiger partial charge on any atom is 0.265 e. The molecule has 2 heterocycles. The number of hydrogen-bond donors (Lipinski definition) is 0. The molecule has 0 unspecified atom stereocenters. The van der Waals surface area contributed by atoms with Crippen LogP contribution >= 0.6 is 11.6 Å². The van der Waals surface area contributed by atoms with Crippen LogP contribution in [0.5, 0.6) is 5.75 Å². The lowest BCUT2D eigenvalue weighted by atomic mass is 10.1. The molecule has 1 aromatic rings. The van der Waals surface area contributed by atoms with E-state index in [2.05, 4.69) is 0 Å². The molecule has 7 heteroatoms. The summed E-state index contributed by atoms with van der Waals surface area (Å²) in [5.74, 6) is 0.466. The molecular formula is C12H12ClNO4S. The monoisotopic (exact) mass is 301 g/mol. The topological polar surface area (TPSA) is 63.7 Å². The maximum absolute atomic E-state index is 12.0. The highest BCUT2D eigenvalue weighted by atomic mass is 35.5. The molecule has 0 aliphatic carbocycles. The lowest BCUT2D eigenvalue weighted by Gasteiger charge is -2.33. The van der Waals surface area contributed by atoms with E-state index < -0.39 is 9.84 Å². The van der Waals surface area contributed by atoms with Crippen molar-refractivity contribution in [3.63, 3.8) is 0 Å². The Morgan fingerprint density at radius 2 is 2.16 bits per heavy atom. The fourth-order valence-corrected chi connectivity index (χ4v) is 4.39. The van der Waals surface area contributed by atoms with E-state index in [1.165, 1.54) is 4.90 Å². The number of hydrogen-bond acceptors (Lipinski definition) is 4. The van der Waals surface area contributed by atoms with Gasteiger partial charge in [0, 0.05) is 5.02 Å². The van der Waals surface area contributed by atoms with E-state index >= 15 is 0 Å². The third-order valence-corrected chi connectivity index (χ3v) is 5.36. The smallest absolute Gasteiger partial charge is 0.265 e. The number of anilines is 1. The van der Waals surface area contributed by atoms with E-state index in [9.17, 15) is 13.2 Å². The Morgan fingerprint density at radius 3 is 2.84 bits per heavy atom. The summed E-state index contributed by atoms with van der Waals surface area (Å²) in [5.41, 5.74) is 0.561. The molecule has 0 spiro atoms. The second kappa shape index (κ2) is 4.38. The number of ether oxygens (including phenoxy) is 1. The van der Waals surface area contributed by atoms with Gasteiger partial charge in [-0.1, -0.05) is 11.6 Å². The lowest BCUT2D eigenvalue weighted by Crippen LogP contribution is -2.46. The average molecular weight is 302 g/mol. The van der Waals surface area contributed by atoms with Crippen molar-refractivity contribution in [2.24, 2.45) is 0 Å². The van der Waals surface area contributed by atoms with Gasteiger partial charge in [0.15, 0.2) is 16.4 Å². The highest BCUT2D eigenvalue weighted by molar-refractivity contribution is 7.91. The van der Waals surface area contributed by atoms with Crippen LogP contribution in [0, 0.1) is 0 Å². The number of benzene rings is 1. The molecule has 1 atom stereocenters. The second-order valence-electron chi connectivity index (χ2n) is 4.72. The molecule has 2 aliphatic rings. The minimum Gasteiger partial charge on any atom is -0.482 e. The SMILES string of the molecule is O=C1COc2ccc(Cl)cc2N1[C@H]1CCS(=O)(=O)C1. The van der Waals surface area contributed by atoms with Gasteiger partial charge in [0.25, 0.3) is 5.91 Å². The van der Waals surface area contributed by atoms with Gasteiger partial charge in [-0.25, -0.2) is 8.42 Å². The summed E-state index contributed by atoms with van der Waals surface area (Å²) >= 11 is 5.94. The average Bonchev–Trinajstić information content (AvgIpc) is 2.69. The van der Waals surface area contributed by atoms with Crippen LogP contribution in [0.1, 0.15) is 6.42 Å². The molecule has 19 heavy (non-hydrogen) atoms. The number of carbonyl (C=O) groups is 1. The van der Waals surface area contributed by atoms with Gasteiger partial charge in [-0.05, 0) is 24.6 Å². The summed E-state index contributed by atoms with van der Waals surface area (Å²) in [6.45, 7) is -0.0643. The molecule has 3 rings (SSSR count). The fourth-order valence-electron chi connectivity index (χ4n) is 2.52. The Hall–Kier alpha value is -1.27. The van der Waals surface area contributed by atoms with Crippen LogP contribution in [0.15, 0.2) is 18.2 Å². The van der Waals surface area contributed by atoms with Crippen molar-refractivity contribution in [3.05, 3.63) is 23.2 Å². The van der Waals surface area contributed by atoms with Crippen molar-refractivity contribution in [1.29, 1.82) is 0 Å². The summed E-state index contributed by atoms with van der Waals surface area (Å²) in [6.07, 6.45) is 0.458. The first-order chi connectivity index (χ1) is 8.96. The Morgan fingerprint density at radius 1 is 1.37 bits per heavy atom. The lowest BCUT2D eigenvalue weighted by molar-refractivity contribution is -0.121. The molecular weight excluding hydrogens is 290 g/mol. The summed E-state index contributed by atoms with van der Waals surface area (Å²) in [7, 11) is -3.05. The number of sulfone groups is 1. The molecule has 0 bridgehead atoms. The summed E-state index contributed by atoms with van der Waals surface area (Å²) in [6, 6.07) is 4.69. The molecule has 2 aliphatic heterocycles. The van der Waals surface area contributed by atoms with Crippen LogP contribution in [-0.2, 0) is 14.6 Å². The molecule has 1 amide bonds. The van der Waals surface area contributed by atoms with Gasteiger partial charge in [0.05, 0.1) is 23.2 Å². The fraction of sp³-hybridized carbons (Fsp3) is 0.417. The number of rotatable bonds is 1. The zero-order valence-electron chi connectivity index (χ0n) is 10.0. The first-order valence-corrected chi connectivity index (χ1v) is 8.11. The Kier molecular flexibility index (Phi) is 2.94. The van der Waals surface area contributed by atoms with E-state index in [0.717, 1.165) is 0 Å². The van der Waals surface area contributed by atoms with Crippen LogP contribution < -0.4 is 9.64 Å². The van der Waals surface area contributed by atoms with Crippen molar-refractivity contribution < 1.29 is 17.9 Å². The molecule has 0 saturated carbocycles. The van der Waals surface area contributed by atoms with Crippen LogP contribution in [0.25, 0.3) is 0 Å². The van der Waals surface area contributed by atoms with Crippen molar-refractivity contribution in [3.8, 4) is 5.75 Å². The van der Waals surface area contributed by atoms with E-state index in [0.29, 0.717) is 22.9 Å². The van der Waals surface area contributed by atoms with Crippen molar-refractivity contribution in [2.45, 2.75) is 12.5 Å². The predicted molar refractivity (Wildman–Crippen MR) is 71.5 cm³/mol. The zero-order chi connectivity index (χ0) is 13.6. The van der Waals surface area contributed by atoms with E-state index in [4.69, 9.17) is 16.3 Å². The Labute approximate surface area is 116 Å². The van der Waals surface area contributed by atoms with Gasteiger partial charge in [0.1, 0.15) is 5.75 Å². The number of amides is 1. The third kappa shape index (κ3) is 2.30. The Bertz CT molecular complexity index is 643. The van der Waals surface area contributed by atoms with E-state index in [-0.39, 0.29) is 30.1 Å². The standard InChI is InChI=1S/C12H12ClNO4S/c13-8-1-2-11-10(5-8)14(12(15)6-18-11)9-3-4-19(16,17)7-9/h1-2,5,9H,3-4,6-7H2/t9-/m0/s1. The largest absolute Gasteiger partial charge is 0.482 e. The Balaban J connectivity index is 2.02. The number of halogens is 1. The van der Waals surface area contributed by atoms with E-state index in [1.807, 2.05) is 0 Å². The van der Waals surface area contributed by atoms with Crippen molar-refractivity contribution in [2.75, 3.05) is 23.0 Å². The zero-order valence-corrected chi connectivity index (χ0v) is 11.6.